The van der Waals surface area contributed by atoms with Gasteiger partial charge in [0.05, 0.1) is 18.1 Å². The summed E-state index contributed by atoms with van der Waals surface area (Å²) in [6, 6.07) is 3.43. The van der Waals surface area contributed by atoms with Crippen LogP contribution in [0.25, 0.3) is 22.3 Å². The van der Waals surface area contributed by atoms with Crippen LogP contribution in [0.15, 0.2) is 37.3 Å². The van der Waals surface area contributed by atoms with Crippen LogP contribution >= 0.6 is 11.6 Å². The minimum atomic E-state index is -4.58. The molecule has 0 bridgehead atoms. The van der Waals surface area contributed by atoms with Crippen molar-refractivity contribution in [1.29, 1.82) is 0 Å². The van der Waals surface area contributed by atoms with Gasteiger partial charge in [-0.05, 0) is 24.6 Å². The lowest BCUT2D eigenvalue weighted by molar-refractivity contribution is -0.212. The SMILES string of the molecule is C=C(C)c1ccnc2c1cc(Cl)n2-c1cnn(C(F)(F)F)c1. The van der Waals surface area contributed by atoms with Gasteiger partial charge in [0.15, 0.2) is 0 Å². The van der Waals surface area contributed by atoms with Crippen LogP contribution in [0.5, 0.6) is 0 Å². The summed E-state index contributed by atoms with van der Waals surface area (Å²) in [5.41, 5.74) is 2.29. The summed E-state index contributed by atoms with van der Waals surface area (Å²) in [4.78, 5) is 4.21. The molecule has 0 atom stereocenters. The molecule has 0 unspecified atom stereocenters. The molecule has 0 aliphatic rings. The number of hydrogen-bond donors (Lipinski definition) is 0. The molecule has 0 spiro atoms. The third-order valence-electron chi connectivity index (χ3n) is 3.20. The normalized spacial score (nSPS) is 12.0. The zero-order valence-corrected chi connectivity index (χ0v) is 12.2. The van der Waals surface area contributed by atoms with Crippen LogP contribution < -0.4 is 0 Å². The molecule has 0 fully saturated rings. The van der Waals surface area contributed by atoms with E-state index in [1.807, 2.05) is 6.92 Å². The van der Waals surface area contributed by atoms with Crippen molar-refractivity contribution < 1.29 is 13.2 Å². The summed E-state index contributed by atoms with van der Waals surface area (Å²) in [6.07, 6.45) is -1.06. The summed E-state index contributed by atoms with van der Waals surface area (Å²) >= 11 is 6.18. The van der Waals surface area contributed by atoms with E-state index in [9.17, 15) is 13.2 Å². The van der Waals surface area contributed by atoms with E-state index in [0.29, 0.717) is 5.65 Å². The molecule has 0 saturated heterocycles. The Labute approximate surface area is 128 Å². The van der Waals surface area contributed by atoms with Crippen LogP contribution in [0.3, 0.4) is 0 Å². The Kier molecular flexibility index (Phi) is 3.25. The monoisotopic (exact) mass is 326 g/mol. The number of pyridine rings is 1. The lowest BCUT2D eigenvalue weighted by Gasteiger charge is -2.06. The Bertz CT molecular complexity index is 876. The van der Waals surface area contributed by atoms with E-state index in [0.717, 1.165) is 28.9 Å². The van der Waals surface area contributed by atoms with Gasteiger partial charge in [-0.1, -0.05) is 23.8 Å². The van der Waals surface area contributed by atoms with Gasteiger partial charge in [-0.15, -0.1) is 13.2 Å². The van der Waals surface area contributed by atoms with Crippen LogP contribution in [0.2, 0.25) is 5.15 Å². The first kappa shape index (κ1) is 14.6. The second-order valence-corrected chi connectivity index (χ2v) is 5.18. The number of halogens is 4. The maximum Gasteiger partial charge on any atom is 0.504 e. The summed E-state index contributed by atoms with van der Waals surface area (Å²) in [5, 5.41) is 4.29. The maximum absolute atomic E-state index is 12.7. The Morgan fingerprint density at radius 1 is 1.36 bits per heavy atom. The van der Waals surface area contributed by atoms with Crippen molar-refractivity contribution in [1.82, 2.24) is 19.3 Å². The summed E-state index contributed by atoms with van der Waals surface area (Å²) in [7, 11) is 0. The van der Waals surface area contributed by atoms with E-state index in [1.165, 1.54) is 4.57 Å². The highest BCUT2D eigenvalue weighted by Gasteiger charge is 2.32. The molecule has 22 heavy (non-hydrogen) atoms. The van der Waals surface area contributed by atoms with E-state index < -0.39 is 6.30 Å². The van der Waals surface area contributed by atoms with Gasteiger partial charge in [0.2, 0.25) is 0 Å². The van der Waals surface area contributed by atoms with E-state index in [2.05, 4.69) is 16.7 Å². The highest BCUT2D eigenvalue weighted by atomic mass is 35.5. The Hall–Kier alpha value is -2.28. The highest BCUT2D eigenvalue weighted by Crippen LogP contribution is 2.31. The van der Waals surface area contributed by atoms with Gasteiger partial charge in [-0.3, -0.25) is 4.57 Å². The molecule has 0 N–H and O–H groups in total. The average Bonchev–Trinajstić information content (AvgIpc) is 3.00. The highest BCUT2D eigenvalue weighted by molar-refractivity contribution is 6.31. The number of allylic oxidation sites excluding steroid dienone is 1. The van der Waals surface area contributed by atoms with Crippen LogP contribution in [0.4, 0.5) is 13.2 Å². The van der Waals surface area contributed by atoms with Crippen LogP contribution in [0.1, 0.15) is 12.5 Å². The van der Waals surface area contributed by atoms with Crippen LogP contribution in [0, 0.1) is 0 Å². The molecule has 3 aromatic heterocycles. The minimum Gasteiger partial charge on any atom is -0.281 e. The molecule has 0 aromatic carbocycles. The largest absolute Gasteiger partial charge is 0.504 e. The number of fused-ring (bicyclic) bond motifs is 1. The molecule has 0 aliphatic heterocycles. The molecular formula is C14H10ClF3N4. The predicted molar refractivity (Wildman–Crippen MR) is 77.9 cm³/mol. The van der Waals surface area contributed by atoms with Crippen LogP contribution in [-0.2, 0) is 6.30 Å². The van der Waals surface area contributed by atoms with E-state index in [-0.39, 0.29) is 15.5 Å². The van der Waals surface area contributed by atoms with Crippen molar-refractivity contribution in [3.63, 3.8) is 0 Å². The molecule has 114 valence electrons. The number of aromatic nitrogens is 4. The Morgan fingerprint density at radius 2 is 2.09 bits per heavy atom. The molecule has 3 heterocycles. The van der Waals surface area contributed by atoms with Gasteiger partial charge in [0, 0.05) is 11.6 Å². The summed E-state index contributed by atoms with van der Waals surface area (Å²) in [5.74, 6) is 0. The van der Waals surface area contributed by atoms with E-state index in [4.69, 9.17) is 11.6 Å². The fourth-order valence-electron chi connectivity index (χ4n) is 2.25. The van der Waals surface area contributed by atoms with Gasteiger partial charge in [0.25, 0.3) is 0 Å². The topological polar surface area (TPSA) is 35.6 Å². The zero-order chi connectivity index (χ0) is 16.1. The Balaban J connectivity index is 2.24. The molecule has 0 radical (unpaired) electrons. The van der Waals surface area contributed by atoms with Gasteiger partial charge >= 0.3 is 6.30 Å². The summed E-state index contributed by atoms with van der Waals surface area (Å²) < 4.78 is 39.3. The first-order chi connectivity index (χ1) is 10.3. The predicted octanol–water partition coefficient (Wildman–Crippen LogP) is 4.38. The van der Waals surface area contributed by atoms with E-state index in [1.54, 1.807) is 18.3 Å². The van der Waals surface area contributed by atoms with Crippen molar-refractivity contribution in [2.45, 2.75) is 13.2 Å². The molecule has 3 aromatic rings. The summed E-state index contributed by atoms with van der Waals surface area (Å²) in [6.45, 7) is 5.71. The van der Waals surface area contributed by atoms with Crippen molar-refractivity contribution in [3.05, 3.63) is 48.0 Å². The average molecular weight is 327 g/mol. The molecule has 0 amide bonds. The molecule has 3 rings (SSSR count). The molecule has 4 nitrogen and oxygen atoms in total. The first-order valence-corrected chi connectivity index (χ1v) is 6.61. The maximum atomic E-state index is 12.7. The number of hydrogen-bond acceptors (Lipinski definition) is 2. The van der Waals surface area contributed by atoms with Gasteiger partial charge in [-0.2, -0.15) is 9.78 Å². The number of rotatable bonds is 2. The van der Waals surface area contributed by atoms with Crippen molar-refractivity contribution >= 4 is 28.2 Å². The second kappa shape index (κ2) is 4.88. The lowest BCUT2D eigenvalue weighted by atomic mass is 10.1. The quantitative estimate of drug-likeness (QED) is 0.700. The standard InChI is InChI=1S/C14H10ClF3N4/c1-8(2)10-3-4-19-13-11(10)5-12(15)22(13)9-6-20-21(7-9)14(16,17)18/h3-7H,1H2,2H3. The lowest BCUT2D eigenvalue weighted by Crippen LogP contribution is -2.16. The fourth-order valence-corrected chi connectivity index (χ4v) is 2.54. The first-order valence-electron chi connectivity index (χ1n) is 6.23. The fraction of sp³-hybridized carbons (Fsp3) is 0.143. The second-order valence-electron chi connectivity index (χ2n) is 4.79. The van der Waals surface area contributed by atoms with E-state index >= 15 is 0 Å². The van der Waals surface area contributed by atoms with Gasteiger partial charge in [0.1, 0.15) is 10.8 Å². The molecule has 0 saturated carbocycles. The Morgan fingerprint density at radius 3 is 2.68 bits per heavy atom. The minimum absolute atomic E-state index is 0.0763. The molecule has 0 aliphatic carbocycles. The third kappa shape index (κ3) is 2.27. The van der Waals surface area contributed by atoms with Crippen LogP contribution in [-0.4, -0.2) is 19.3 Å². The van der Waals surface area contributed by atoms with Gasteiger partial charge < -0.3 is 0 Å². The zero-order valence-electron chi connectivity index (χ0n) is 11.4. The third-order valence-corrected chi connectivity index (χ3v) is 3.48. The van der Waals surface area contributed by atoms with Crippen molar-refractivity contribution in [3.8, 4) is 5.69 Å². The number of alkyl halides is 3. The molecular weight excluding hydrogens is 317 g/mol. The number of nitrogens with zero attached hydrogens (tertiary/aromatic N) is 4. The van der Waals surface area contributed by atoms with Gasteiger partial charge in [-0.25, -0.2) is 4.98 Å². The van der Waals surface area contributed by atoms with Crippen molar-refractivity contribution in [2.75, 3.05) is 0 Å². The molecule has 8 heteroatoms. The smallest absolute Gasteiger partial charge is 0.281 e. The van der Waals surface area contributed by atoms with Crippen molar-refractivity contribution in [2.24, 2.45) is 0 Å².